The summed E-state index contributed by atoms with van der Waals surface area (Å²) in [6.07, 6.45) is 2.12. The zero-order valence-corrected chi connectivity index (χ0v) is 15.0. The molecule has 0 aliphatic rings. The van der Waals surface area contributed by atoms with Gasteiger partial charge in [-0.1, -0.05) is 72.8 Å². The number of allylic oxidation sites excluding steroid dienone is 1. The van der Waals surface area contributed by atoms with Gasteiger partial charge in [-0.2, -0.15) is 0 Å². The Morgan fingerprint density at radius 1 is 1.00 bits per heavy atom. The molecular formula is C21H25NS. The third-order valence-corrected chi connectivity index (χ3v) is 4.86. The molecule has 0 aliphatic carbocycles. The van der Waals surface area contributed by atoms with E-state index in [2.05, 4.69) is 86.6 Å². The lowest BCUT2D eigenvalue weighted by Gasteiger charge is -2.24. The zero-order valence-electron chi connectivity index (χ0n) is 14.2. The van der Waals surface area contributed by atoms with Gasteiger partial charge in [-0.05, 0) is 36.8 Å². The van der Waals surface area contributed by atoms with Gasteiger partial charge in [-0.3, -0.25) is 0 Å². The van der Waals surface area contributed by atoms with Gasteiger partial charge in [-0.25, -0.2) is 0 Å². The van der Waals surface area contributed by atoms with Crippen molar-refractivity contribution in [1.29, 1.82) is 0 Å². The zero-order chi connectivity index (χ0) is 16.7. The molecule has 2 heteroatoms. The third-order valence-electron chi connectivity index (χ3n) is 3.78. The van der Waals surface area contributed by atoms with Crippen LogP contribution in [0.4, 0.5) is 0 Å². The highest BCUT2D eigenvalue weighted by atomic mass is 32.2. The van der Waals surface area contributed by atoms with Crippen molar-refractivity contribution in [3.63, 3.8) is 0 Å². The van der Waals surface area contributed by atoms with Crippen molar-refractivity contribution in [2.24, 2.45) is 0 Å². The molecule has 2 rings (SSSR count). The van der Waals surface area contributed by atoms with Gasteiger partial charge < -0.3 is 5.32 Å². The molecule has 120 valence electrons. The number of hydrogen-bond donors (Lipinski definition) is 1. The first-order chi connectivity index (χ1) is 11.1. The van der Waals surface area contributed by atoms with Gasteiger partial charge in [0, 0.05) is 11.4 Å². The van der Waals surface area contributed by atoms with E-state index in [1.165, 1.54) is 21.6 Å². The fourth-order valence-corrected chi connectivity index (χ4v) is 3.48. The third kappa shape index (κ3) is 4.85. The molecule has 23 heavy (non-hydrogen) atoms. The Labute approximate surface area is 144 Å². The van der Waals surface area contributed by atoms with E-state index in [0.29, 0.717) is 0 Å². The smallest absolute Gasteiger partial charge is 0.0584 e. The maximum Gasteiger partial charge on any atom is 0.0584 e. The normalized spacial score (nSPS) is 11.8. The first-order valence-electron chi connectivity index (χ1n) is 7.86. The predicted octanol–water partition coefficient (Wildman–Crippen LogP) is 5.73. The molecule has 1 N–H and O–H groups in total. The Bertz CT molecular complexity index is 655. The lowest BCUT2D eigenvalue weighted by atomic mass is 9.97. The van der Waals surface area contributed by atoms with E-state index in [-0.39, 0.29) is 6.04 Å². The molecular weight excluding hydrogens is 298 g/mol. The maximum atomic E-state index is 4.39. The van der Waals surface area contributed by atoms with Gasteiger partial charge in [0.25, 0.3) is 0 Å². The van der Waals surface area contributed by atoms with Gasteiger partial charge >= 0.3 is 0 Å². The van der Waals surface area contributed by atoms with Crippen molar-refractivity contribution >= 4 is 11.8 Å². The molecule has 0 bridgehead atoms. The van der Waals surface area contributed by atoms with E-state index in [1.54, 1.807) is 11.8 Å². The molecule has 1 nitrogen and oxygen atoms in total. The summed E-state index contributed by atoms with van der Waals surface area (Å²) in [6, 6.07) is 21.2. The number of nitrogens with one attached hydrogen (secondary N) is 1. The van der Waals surface area contributed by atoms with E-state index in [0.717, 1.165) is 12.1 Å². The van der Waals surface area contributed by atoms with Gasteiger partial charge in [0.1, 0.15) is 0 Å². The average Bonchev–Trinajstić information content (AvgIpc) is 2.57. The number of hydrogen-bond acceptors (Lipinski definition) is 2. The van der Waals surface area contributed by atoms with E-state index in [9.17, 15) is 0 Å². The Hall–Kier alpha value is -1.77. The summed E-state index contributed by atoms with van der Waals surface area (Å²) >= 11 is 1.77. The molecule has 0 amide bonds. The molecule has 0 fully saturated rings. The molecule has 0 radical (unpaired) electrons. The van der Waals surface area contributed by atoms with Crippen LogP contribution in [0.15, 0.2) is 83.3 Å². The van der Waals surface area contributed by atoms with Crippen LogP contribution in [0, 0.1) is 0 Å². The van der Waals surface area contributed by atoms with Gasteiger partial charge in [0.05, 0.1) is 6.04 Å². The van der Waals surface area contributed by atoms with Crippen LogP contribution < -0.4 is 5.32 Å². The molecule has 0 aliphatic heterocycles. The predicted molar refractivity (Wildman–Crippen MR) is 103 cm³/mol. The fraction of sp³-hybridized carbons (Fsp3) is 0.238. The second kappa shape index (κ2) is 8.76. The van der Waals surface area contributed by atoms with Gasteiger partial charge in [0.15, 0.2) is 0 Å². The van der Waals surface area contributed by atoms with Crippen molar-refractivity contribution in [3.05, 3.63) is 94.4 Å². The summed E-state index contributed by atoms with van der Waals surface area (Å²) in [5.74, 6) is 0. The summed E-state index contributed by atoms with van der Waals surface area (Å²) in [5, 5.41) is 3.67. The Morgan fingerprint density at radius 2 is 1.57 bits per heavy atom. The summed E-state index contributed by atoms with van der Waals surface area (Å²) < 4.78 is 0. The van der Waals surface area contributed by atoms with Crippen LogP contribution in [-0.2, 0) is 6.54 Å². The highest BCUT2D eigenvalue weighted by Crippen LogP contribution is 2.33. The minimum atomic E-state index is 0.119. The summed E-state index contributed by atoms with van der Waals surface area (Å²) in [7, 11) is 0. The molecule has 0 saturated carbocycles. The van der Waals surface area contributed by atoms with Gasteiger partial charge in [0.2, 0.25) is 0 Å². The van der Waals surface area contributed by atoms with Crippen LogP contribution in [-0.4, -0.2) is 6.26 Å². The van der Waals surface area contributed by atoms with Crippen LogP contribution >= 0.6 is 11.8 Å². The highest BCUT2D eigenvalue weighted by Gasteiger charge is 2.18. The standard InChI is InChI=1S/C21H25NS/c1-16(2)21(23-4)17(3)20(19-13-9-6-10-14-19)22-15-18-11-7-5-8-12-18/h5-14,20,22H,3,15H2,1-2,4H3. The van der Waals surface area contributed by atoms with Crippen LogP contribution in [0.2, 0.25) is 0 Å². The Kier molecular flexibility index (Phi) is 6.69. The summed E-state index contributed by atoms with van der Waals surface area (Å²) in [6.45, 7) is 9.52. The van der Waals surface area contributed by atoms with Crippen LogP contribution in [0.5, 0.6) is 0 Å². The second-order valence-electron chi connectivity index (χ2n) is 5.77. The molecule has 0 aromatic heterocycles. The first-order valence-corrected chi connectivity index (χ1v) is 9.09. The van der Waals surface area contributed by atoms with Crippen LogP contribution in [0.25, 0.3) is 0 Å². The Morgan fingerprint density at radius 3 is 2.09 bits per heavy atom. The maximum absolute atomic E-state index is 4.39. The number of rotatable bonds is 7. The van der Waals surface area contributed by atoms with Crippen molar-refractivity contribution in [3.8, 4) is 0 Å². The highest BCUT2D eigenvalue weighted by molar-refractivity contribution is 8.02. The number of thioether (sulfide) groups is 1. The monoisotopic (exact) mass is 323 g/mol. The average molecular weight is 324 g/mol. The minimum absolute atomic E-state index is 0.119. The van der Waals surface area contributed by atoms with Crippen LogP contribution in [0.3, 0.4) is 0 Å². The van der Waals surface area contributed by atoms with Crippen molar-refractivity contribution in [1.82, 2.24) is 5.32 Å². The topological polar surface area (TPSA) is 12.0 Å². The van der Waals surface area contributed by atoms with Crippen molar-refractivity contribution in [2.45, 2.75) is 26.4 Å². The van der Waals surface area contributed by atoms with Crippen LogP contribution in [0.1, 0.15) is 31.0 Å². The molecule has 0 saturated heterocycles. The summed E-state index contributed by atoms with van der Waals surface area (Å²) in [4.78, 5) is 1.28. The molecule has 2 aromatic rings. The summed E-state index contributed by atoms with van der Waals surface area (Å²) in [5.41, 5.74) is 4.98. The molecule has 2 aromatic carbocycles. The van der Waals surface area contributed by atoms with E-state index in [1.807, 2.05) is 6.07 Å². The molecule has 0 heterocycles. The van der Waals surface area contributed by atoms with E-state index >= 15 is 0 Å². The largest absolute Gasteiger partial charge is 0.302 e. The quantitative estimate of drug-likeness (QED) is 0.653. The SMILES string of the molecule is C=C(C(SC)=C(C)C)C(NCc1ccccc1)c1ccccc1. The molecule has 1 unspecified atom stereocenters. The van der Waals surface area contributed by atoms with Crippen molar-refractivity contribution < 1.29 is 0 Å². The lowest BCUT2D eigenvalue weighted by Crippen LogP contribution is -2.23. The second-order valence-corrected chi connectivity index (χ2v) is 6.59. The van der Waals surface area contributed by atoms with Gasteiger partial charge in [-0.15, -0.1) is 11.8 Å². The fourth-order valence-electron chi connectivity index (χ4n) is 2.69. The Balaban J connectivity index is 2.26. The first kappa shape index (κ1) is 17.6. The van der Waals surface area contributed by atoms with E-state index in [4.69, 9.17) is 0 Å². The molecule has 1 atom stereocenters. The number of benzene rings is 2. The van der Waals surface area contributed by atoms with Crippen molar-refractivity contribution in [2.75, 3.05) is 6.26 Å². The molecule has 0 spiro atoms. The minimum Gasteiger partial charge on any atom is -0.302 e. The van der Waals surface area contributed by atoms with E-state index < -0.39 is 0 Å². The lowest BCUT2D eigenvalue weighted by molar-refractivity contribution is 0.604.